The number of hydrogen-bond donors (Lipinski definition) is 0. The Morgan fingerprint density at radius 3 is 2.25 bits per heavy atom. The molecule has 4 aromatic carbocycles. The van der Waals surface area contributed by atoms with Crippen LogP contribution in [0.4, 0.5) is 0 Å². The van der Waals surface area contributed by atoms with Gasteiger partial charge in [0.1, 0.15) is 5.58 Å². The summed E-state index contributed by atoms with van der Waals surface area (Å²) in [6.45, 7) is 8.84. The fourth-order valence-corrected chi connectivity index (χ4v) is 5.90. The maximum absolute atomic E-state index is 6.27. The van der Waals surface area contributed by atoms with Gasteiger partial charge in [0, 0.05) is 55.7 Å². The largest absolute Gasteiger partial charge is 0.500 e. The number of hydrogen-bond acceptors (Lipinski definition) is 4. The van der Waals surface area contributed by atoms with Crippen LogP contribution in [0.1, 0.15) is 31.9 Å². The van der Waals surface area contributed by atoms with E-state index in [0.29, 0.717) is 5.41 Å². The molecular weight excluding hydrogens is 767 g/mol. The topological polar surface area (TPSA) is 51.8 Å². The Bertz CT molecular complexity index is 2300. The summed E-state index contributed by atoms with van der Waals surface area (Å²) in [6, 6.07) is 41.8. The first-order valence-electron chi connectivity index (χ1n) is 15.9. The standard InChI is InChI=1S/C22H22N.C21H13N2O.Ir/c1-22(2,3)16-17-9-11-18(12-10-17)20-13-14-23-21(15-20)19-7-5-4-6-8-19;1-13-5-8-19(23-11-13)17-4-2-3-15-16-7-6-14-9-10-22-12-18(14)21(16)24-20(15)17;/h4-7,9-15H,16H2,1-3H3;2-3,5-12H,1H3;/q2*-1;. The molecule has 8 rings (SSSR count). The van der Waals surface area contributed by atoms with Gasteiger partial charge < -0.3 is 14.4 Å². The van der Waals surface area contributed by atoms with Crippen molar-refractivity contribution in [3.05, 3.63) is 151 Å². The van der Waals surface area contributed by atoms with E-state index in [1.54, 1.807) is 6.20 Å². The van der Waals surface area contributed by atoms with E-state index < -0.39 is 0 Å². The van der Waals surface area contributed by atoms with E-state index in [4.69, 9.17) is 4.42 Å². The predicted molar refractivity (Wildman–Crippen MR) is 193 cm³/mol. The second-order valence-electron chi connectivity index (χ2n) is 13.1. The minimum atomic E-state index is 0. The van der Waals surface area contributed by atoms with Gasteiger partial charge >= 0.3 is 0 Å². The maximum Gasteiger partial charge on any atom is 0.130 e. The summed E-state index contributed by atoms with van der Waals surface area (Å²) < 4.78 is 6.27. The minimum absolute atomic E-state index is 0. The van der Waals surface area contributed by atoms with Gasteiger partial charge in [-0.2, -0.15) is 0 Å². The van der Waals surface area contributed by atoms with Crippen LogP contribution in [0.3, 0.4) is 0 Å². The number of benzene rings is 4. The smallest absolute Gasteiger partial charge is 0.130 e. The summed E-state index contributed by atoms with van der Waals surface area (Å²) in [7, 11) is 0. The molecule has 0 spiro atoms. The number of furan rings is 1. The van der Waals surface area contributed by atoms with Crippen molar-refractivity contribution in [1.82, 2.24) is 15.0 Å². The number of pyridine rings is 3. The molecule has 4 aromatic heterocycles. The van der Waals surface area contributed by atoms with Gasteiger partial charge in [-0.05, 0) is 69.9 Å². The molecule has 0 aliphatic rings. The van der Waals surface area contributed by atoms with E-state index in [0.717, 1.165) is 67.2 Å². The fourth-order valence-electron chi connectivity index (χ4n) is 5.90. The van der Waals surface area contributed by atoms with E-state index in [1.165, 1.54) is 16.7 Å². The first-order chi connectivity index (χ1) is 22.8. The third-order valence-electron chi connectivity index (χ3n) is 8.15. The monoisotopic (exact) mass is 802 g/mol. The first-order valence-corrected chi connectivity index (χ1v) is 15.9. The van der Waals surface area contributed by atoms with Crippen LogP contribution >= 0.6 is 0 Å². The van der Waals surface area contributed by atoms with Gasteiger partial charge in [-0.15, -0.1) is 54.1 Å². The van der Waals surface area contributed by atoms with Crippen molar-refractivity contribution in [1.29, 1.82) is 0 Å². The van der Waals surface area contributed by atoms with Crippen LogP contribution in [-0.4, -0.2) is 15.0 Å². The van der Waals surface area contributed by atoms with Gasteiger partial charge in [-0.25, -0.2) is 0 Å². The number of nitrogens with zero attached hydrogens (tertiary/aromatic N) is 3. The zero-order chi connectivity index (χ0) is 32.4. The Balaban J connectivity index is 0.000000164. The van der Waals surface area contributed by atoms with Gasteiger partial charge in [0.05, 0.1) is 5.58 Å². The average molecular weight is 802 g/mol. The Morgan fingerprint density at radius 1 is 0.667 bits per heavy atom. The molecule has 48 heavy (non-hydrogen) atoms. The molecule has 239 valence electrons. The molecule has 0 atom stereocenters. The molecule has 0 saturated carbocycles. The van der Waals surface area contributed by atoms with Gasteiger partial charge in [-0.3, -0.25) is 4.98 Å². The predicted octanol–water partition coefficient (Wildman–Crippen LogP) is 11.1. The van der Waals surface area contributed by atoms with Crippen LogP contribution in [-0.2, 0) is 26.5 Å². The Hall–Kier alpha value is -4.96. The van der Waals surface area contributed by atoms with Crippen LogP contribution in [0.5, 0.6) is 0 Å². The number of aryl methyl sites for hydroxylation is 1. The third-order valence-corrected chi connectivity index (χ3v) is 8.15. The summed E-state index contributed by atoms with van der Waals surface area (Å²) in [6.07, 6.45) is 8.48. The summed E-state index contributed by atoms with van der Waals surface area (Å²) in [5.41, 5.74) is 10.7. The van der Waals surface area contributed by atoms with Crippen LogP contribution < -0.4 is 0 Å². The van der Waals surface area contributed by atoms with Crippen molar-refractivity contribution in [2.75, 3.05) is 0 Å². The second kappa shape index (κ2) is 14.0. The minimum Gasteiger partial charge on any atom is -0.500 e. The van der Waals surface area contributed by atoms with Gasteiger partial charge in [-0.1, -0.05) is 86.3 Å². The number of rotatable bonds is 4. The van der Waals surface area contributed by atoms with E-state index in [1.807, 2.05) is 74.0 Å². The van der Waals surface area contributed by atoms with Crippen molar-refractivity contribution in [2.45, 2.75) is 34.1 Å². The van der Waals surface area contributed by atoms with Crippen molar-refractivity contribution in [3.63, 3.8) is 0 Å². The molecule has 0 aliphatic heterocycles. The molecule has 0 bridgehead atoms. The van der Waals surface area contributed by atoms with E-state index in [2.05, 4.69) is 102 Å². The zero-order valence-electron chi connectivity index (χ0n) is 27.4. The number of fused-ring (bicyclic) bond motifs is 5. The summed E-state index contributed by atoms with van der Waals surface area (Å²) >= 11 is 0. The summed E-state index contributed by atoms with van der Waals surface area (Å²) in [4.78, 5) is 13.2. The molecule has 0 N–H and O–H groups in total. The van der Waals surface area contributed by atoms with Gasteiger partial charge in [0.15, 0.2) is 0 Å². The Labute approximate surface area is 295 Å². The van der Waals surface area contributed by atoms with E-state index in [-0.39, 0.29) is 20.1 Å². The molecule has 0 unspecified atom stereocenters. The molecule has 0 fully saturated rings. The molecule has 8 aromatic rings. The van der Waals surface area contributed by atoms with Crippen LogP contribution in [0, 0.1) is 24.5 Å². The molecular formula is C43H35IrN3O-2. The Morgan fingerprint density at radius 2 is 1.50 bits per heavy atom. The third kappa shape index (κ3) is 7.13. The molecule has 5 heteroatoms. The SMILES string of the molecule is CC(C)(C)Cc1ccc(-c2ccnc(-c3[c-]cccc3)c2)cc1.Cc1ccc(-c2[c-]ccc3c2oc2c4cnccc4ccc32)nc1.[Ir]. The molecule has 0 aliphatic carbocycles. The summed E-state index contributed by atoms with van der Waals surface area (Å²) in [5.74, 6) is 0. The van der Waals surface area contributed by atoms with Crippen LogP contribution in [0.15, 0.2) is 132 Å². The van der Waals surface area contributed by atoms with Gasteiger partial charge in [0.2, 0.25) is 0 Å². The number of aromatic nitrogens is 3. The van der Waals surface area contributed by atoms with Crippen molar-refractivity contribution in [2.24, 2.45) is 5.41 Å². The molecule has 0 saturated heterocycles. The average Bonchev–Trinajstić information content (AvgIpc) is 3.49. The summed E-state index contributed by atoms with van der Waals surface area (Å²) in [5, 5.41) is 4.31. The van der Waals surface area contributed by atoms with Gasteiger partial charge in [0.25, 0.3) is 0 Å². The maximum atomic E-state index is 6.27. The second-order valence-corrected chi connectivity index (χ2v) is 13.1. The van der Waals surface area contributed by atoms with Crippen LogP contribution in [0.25, 0.3) is 66.4 Å². The Kier molecular flexibility index (Phi) is 9.63. The normalized spacial score (nSPS) is 11.2. The molecule has 1 radical (unpaired) electrons. The fraction of sp³-hybridized carbons (Fsp3) is 0.140. The molecule has 0 amide bonds. The first kappa shape index (κ1) is 33.0. The van der Waals surface area contributed by atoms with Crippen molar-refractivity contribution >= 4 is 32.7 Å². The van der Waals surface area contributed by atoms with E-state index in [9.17, 15) is 0 Å². The van der Waals surface area contributed by atoms with Crippen molar-refractivity contribution < 1.29 is 24.5 Å². The van der Waals surface area contributed by atoms with Crippen LogP contribution in [0.2, 0.25) is 0 Å². The quantitative estimate of drug-likeness (QED) is 0.166. The molecule has 4 nitrogen and oxygen atoms in total. The van der Waals surface area contributed by atoms with Crippen molar-refractivity contribution in [3.8, 4) is 33.6 Å². The zero-order valence-corrected chi connectivity index (χ0v) is 29.8. The molecule has 4 heterocycles. The van der Waals surface area contributed by atoms with E-state index >= 15 is 0 Å².